The van der Waals surface area contributed by atoms with Gasteiger partial charge in [-0.2, -0.15) is 5.26 Å². The monoisotopic (exact) mass is 485 g/mol. The van der Waals surface area contributed by atoms with Crippen molar-refractivity contribution in [3.05, 3.63) is 75.0 Å². The fraction of sp³-hybridized carbons (Fsp3) is 0.304. The van der Waals surface area contributed by atoms with Crippen molar-refractivity contribution in [3.8, 4) is 6.07 Å². The number of rotatable bonds is 5. The molecule has 1 N–H and O–H groups in total. The molecule has 0 aromatic heterocycles. The molecule has 0 atom stereocenters. The van der Waals surface area contributed by atoms with E-state index in [1.807, 2.05) is 25.1 Å². The fourth-order valence-electron chi connectivity index (χ4n) is 3.54. The molecule has 1 amide bonds. The molecule has 0 spiro atoms. The number of hydrogen-bond donors (Lipinski definition) is 1. The van der Waals surface area contributed by atoms with E-state index in [9.17, 15) is 10.1 Å². The number of amides is 1. The number of piperidine rings is 1. The summed E-state index contributed by atoms with van der Waals surface area (Å²) in [5.74, 6) is 0.407. The van der Waals surface area contributed by atoms with Crippen molar-refractivity contribution in [2.75, 3.05) is 18.4 Å². The van der Waals surface area contributed by atoms with Crippen molar-refractivity contribution in [1.82, 2.24) is 4.90 Å². The van der Waals surface area contributed by atoms with Crippen molar-refractivity contribution in [2.45, 2.75) is 26.2 Å². The highest BCUT2D eigenvalue weighted by Crippen LogP contribution is 2.23. The molecule has 3 rings (SSSR count). The topological polar surface area (TPSA) is 56.1 Å². The van der Waals surface area contributed by atoms with Gasteiger partial charge in [-0.15, -0.1) is 0 Å². The summed E-state index contributed by atoms with van der Waals surface area (Å²) in [4.78, 5) is 14.6. The van der Waals surface area contributed by atoms with Crippen LogP contribution in [0.15, 0.2) is 60.3 Å². The highest BCUT2D eigenvalue weighted by Gasteiger charge is 2.25. The van der Waals surface area contributed by atoms with Gasteiger partial charge in [-0.25, -0.2) is 0 Å². The summed E-state index contributed by atoms with van der Waals surface area (Å²) in [6, 6.07) is 18.6. The van der Waals surface area contributed by atoms with Gasteiger partial charge in [0, 0.05) is 28.5 Å². The molecular formula is C23H24IN3O. The quantitative estimate of drug-likeness (QED) is 0.373. The first-order chi connectivity index (χ1) is 13.6. The van der Waals surface area contributed by atoms with Crippen LogP contribution in [0.4, 0.5) is 5.69 Å². The Balaban J connectivity index is 1.57. The van der Waals surface area contributed by atoms with E-state index in [1.54, 1.807) is 4.90 Å². The average molecular weight is 485 g/mol. The summed E-state index contributed by atoms with van der Waals surface area (Å²) in [7, 11) is 0. The van der Waals surface area contributed by atoms with Crippen molar-refractivity contribution in [1.29, 1.82) is 5.26 Å². The molecule has 1 aliphatic heterocycles. The summed E-state index contributed by atoms with van der Waals surface area (Å²) < 4.78 is 1.15. The Morgan fingerprint density at radius 1 is 1.25 bits per heavy atom. The van der Waals surface area contributed by atoms with Gasteiger partial charge in [-0.05, 0) is 84.0 Å². The third kappa shape index (κ3) is 5.35. The van der Waals surface area contributed by atoms with E-state index in [-0.39, 0.29) is 11.5 Å². The molecule has 2 aromatic carbocycles. The van der Waals surface area contributed by atoms with E-state index >= 15 is 0 Å². The Hall–Kier alpha value is -2.33. The summed E-state index contributed by atoms with van der Waals surface area (Å²) in [6.07, 6.45) is 4.54. The number of hydrogen-bond acceptors (Lipinski definition) is 3. The molecule has 2 aromatic rings. The summed E-state index contributed by atoms with van der Waals surface area (Å²) in [6.45, 7) is 3.42. The number of halogens is 1. The van der Waals surface area contributed by atoms with Crippen molar-refractivity contribution in [3.63, 3.8) is 0 Å². The van der Waals surface area contributed by atoms with Crippen LogP contribution >= 0.6 is 22.6 Å². The number of nitrogens with zero attached hydrogens (tertiary/aromatic N) is 2. The fourth-order valence-corrected chi connectivity index (χ4v) is 4.19. The Bertz CT molecular complexity index is 894. The van der Waals surface area contributed by atoms with E-state index in [4.69, 9.17) is 0 Å². The molecule has 1 heterocycles. The lowest BCUT2D eigenvalue weighted by atomic mass is 9.90. The molecule has 144 valence electrons. The normalized spacial score (nSPS) is 15.2. The van der Waals surface area contributed by atoms with Crippen LogP contribution in [0, 0.1) is 27.7 Å². The summed E-state index contributed by atoms with van der Waals surface area (Å²) in [5.41, 5.74) is 3.48. The third-order valence-corrected chi connectivity index (χ3v) is 5.85. The third-order valence-electron chi connectivity index (χ3n) is 5.18. The molecule has 5 heteroatoms. The van der Waals surface area contributed by atoms with Gasteiger partial charge in [0.25, 0.3) is 5.91 Å². The maximum atomic E-state index is 12.7. The lowest BCUT2D eigenvalue weighted by Gasteiger charge is -2.32. The van der Waals surface area contributed by atoms with Crippen LogP contribution in [-0.2, 0) is 11.2 Å². The molecule has 1 saturated heterocycles. The Kier molecular flexibility index (Phi) is 7.10. The molecule has 1 aliphatic rings. The largest absolute Gasteiger partial charge is 0.360 e. The number of nitriles is 1. The number of aryl methyl sites for hydroxylation is 1. The smallest absolute Gasteiger partial charge is 0.266 e. The Labute approximate surface area is 180 Å². The predicted molar refractivity (Wildman–Crippen MR) is 121 cm³/mol. The predicted octanol–water partition coefficient (Wildman–Crippen LogP) is 4.90. The zero-order valence-corrected chi connectivity index (χ0v) is 18.1. The number of carbonyl (C=O) groups is 1. The van der Waals surface area contributed by atoms with Gasteiger partial charge in [-0.1, -0.05) is 30.3 Å². The first kappa shape index (κ1) is 20.4. The molecule has 1 fully saturated rings. The first-order valence-electron chi connectivity index (χ1n) is 9.53. The van der Waals surface area contributed by atoms with Crippen molar-refractivity contribution < 1.29 is 4.79 Å². The van der Waals surface area contributed by atoms with E-state index < -0.39 is 0 Å². The van der Waals surface area contributed by atoms with Gasteiger partial charge in [0.2, 0.25) is 0 Å². The van der Waals surface area contributed by atoms with E-state index in [0.717, 1.165) is 34.1 Å². The van der Waals surface area contributed by atoms with Crippen molar-refractivity contribution >= 4 is 34.2 Å². The second-order valence-corrected chi connectivity index (χ2v) is 8.44. The van der Waals surface area contributed by atoms with Gasteiger partial charge < -0.3 is 10.2 Å². The second kappa shape index (κ2) is 9.74. The van der Waals surface area contributed by atoms with Crippen LogP contribution in [0.3, 0.4) is 0 Å². The zero-order chi connectivity index (χ0) is 19.9. The second-order valence-electron chi connectivity index (χ2n) is 7.20. The van der Waals surface area contributed by atoms with Gasteiger partial charge in [0.15, 0.2) is 0 Å². The Morgan fingerprint density at radius 3 is 2.61 bits per heavy atom. The minimum atomic E-state index is -0.184. The molecule has 0 radical (unpaired) electrons. The minimum absolute atomic E-state index is 0.152. The summed E-state index contributed by atoms with van der Waals surface area (Å²) in [5, 5.41) is 12.6. The van der Waals surface area contributed by atoms with E-state index in [2.05, 4.69) is 64.3 Å². The van der Waals surface area contributed by atoms with Gasteiger partial charge >= 0.3 is 0 Å². The molecule has 0 bridgehead atoms. The maximum Gasteiger partial charge on any atom is 0.266 e. The molecule has 0 aliphatic carbocycles. The molecule has 4 nitrogen and oxygen atoms in total. The van der Waals surface area contributed by atoms with Gasteiger partial charge in [-0.3, -0.25) is 4.79 Å². The first-order valence-corrected chi connectivity index (χ1v) is 10.6. The average Bonchev–Trinajstić information content (AvgIpc) is 2.71. The molecular weight excluding hydrogens is 461 g/mol. The summed E-state index contributed by atoms with van der Waals surface area (Å²) >= 11 is 2.26. The van der Waals surface area contributed by atoms with Crippen molar-refractivity contribution in [2.24, 2.45) is 5.92 Å². The SMILES string of the molecule is Cc1cc(I)ccc1N/C=C(/C#N)C(=O)N1CCC(Cc2ccccc2)CC1. The maximum absolute atomic E-state index is 12.7. The van der Waals surface area contributed by atoms with Crippen LogP contribution in [0.1, 0.15) is 24.0 Å². The van der Waals surface area contributed by atoms with Crippen LogP contribution in [0.25, 0.3) is 0 Å². The Morgan fingerprint density at radius 2 is 1.96 bits per heavy atom. The van der Waals surface area contributed by atoms with Crippen LogP contribution in [0.5, 0.6) is 0 Å². The standard InChI is InChI=1S/C23H24IN3O/c1-17-13-21(24)7-8-22(17)26-16-20(15-25)23(28)27-11-9-19(10-12-27)14-18-5-3-2-4-6-18/h2-8,13,16,19,26H,9-12,14H2,1H3/b20-16-. The lowest BCUT2D eigenvalue weighted by Crippen LogP contribution is -2.39. The van der Waals surface area contributed by atoms with E-state index in [1.165, 1.54) is 11.8 Å². The van der Waals surface area contributed by atoms with Gasteiger partial charge in [0.05, 0.1) is 0 Å². The number of nitrogens with one attached hydrogen (secondary N) is 1. The minimum Gasteiger partial charge on any atom is -0.360 e. The van der Waals surface area contributed by atoms with E-state index in [0.29, 0.717) is 19.0 Å². The van der Waals surface area contributed by atoms with Crippen LogP contribution in [-0.4, -0.2) is 23.9 Å². The number of benzene rings is 2. The van der Waals surface area contributed by atoms with Gasteiger partial charge in [0.1, 0.15) is 11.6 Å². The number of anilines is 1. The molecule has 0 saturated carbocycles. The van der Waals surface area contributed by atoms with Crippen LogP contribution in [0.2, 0.25) is 0 Å². The lowest BCUT2D eigenvalue weighted by molar-refractivity contribution is -0.128. The van der Waals surface area contributed by atoms with Crippen LogP contribution < -0.4 is 5.32 Å². The highest BCUT2D eigenvalue weighted by molar-refractivity contribution is 14.1. The highest BCUT2D eigenvalue weighted by atomic mass is 127. The molecule has 28 heavy (non-hydrogen) atoms. The number of carbonyl (C=O) groups excluding carboxylic acids is 1. The number of likely N-dealkylation sites (tertiary alicyclic amines) is 1. The zero-order valence-electron chi connectivity index (χ0n) is 16.0. The molecule has 0 unspecified atom stereocenters.